The van der Waals surface area contributed by atoms with Crippen molar-refractivity contribution in [3.8, 4) is 0 Å². The van der Waals surface area contributed by atoms with Crippen molar-refractivity contribution >= 4 is 33.0 Å². The first kappa shape index (κ1) is 14.4. The lowest BCUT2D eigenvalue weighted by molar-refractivity contribution is 0.0365. The van der Waals surface area contributed by atoms with E-state index in [9.17, 15) is 4.79 Å². The number of hydrogen-bond donors (Lipinski definition) is 1. The number of aryl methyl sites for hydroxylation is 1. The predicted molar refractivity (Wildman–Crippen MR) is 86.9 cm³/mol. The first-order valence-electron chi connectivity index (χ1n) is 7.21. The summed E-state index contributed by atoms with van der Waals surface area (Å²) in [6, 6.07) is 6.36. The fraction of sp³-hybridized carbons (Fsp3) is 0.438. The minimum absolute atomic E-state index is 0.0262. The number of anilines is 1. The zero-order valence-electron chi connectivity index (χ0n) is 12.4. The summed E-state index contributed by atoms with van der Waals surface area (Å²) in [5, 5.41) is 0.981. The van der Waals surface area contributed by atoms with E-state index in [0.29, 0.717) is 10.6 Å². The Labute approximate surface area is 128 Å². The fourth-order valence-corrected chi connectivity index (χ4v) is 3.98. The van der Waals surface area contributed by atoms with Crippen molar-refractivity contribution in [1.29, 1.82) is 0 Å². The van der Waals surface area contributed by atoms with Crippen molar-refractivity contribution in [3.05, 3.63) is 28.6 Å². The number of carbonyl (C=O) groups is 1. The molecule has 2 aromatic rings. The van der Waals surface area contributed by atoms with Crippen LogP contribution in [0.15, 0.2) is 18.2 Å². The molecule has 21 heavy (non-hydrogen) atoms. The molecule has 0 spiro atoms. The number of carbonyl (C=O) groups excluding carboxylic acids is 1. The van der Waals surface area contributed by atoms with Gasteiger partial charge in [0.1, 0.15) is 4.88 Å². The Morgan fingerprint density at radius 2 is 2.10 bits per heavy atom. The van der Waals surface area contributed by atoms with Gasteiger partial charge in [-0.25, -0.2) is 0 Å². The molecule has 1 saturated heterocycles. The van der Waals surface area contributed by atoms with Crippen LogP contribution < -0.4 is 5.73 Å². The summed E-state index contributed by atoms with van der Waals surface area (Å²) >= 11 is 1.49. The second-order valence-electron chi connectivity index (χ2n) is 5.60. The van der Waals surface area contributed by atoms with Crippen LogP contribution in [0.4, 0.5) is 5.69 Å². The molecule has 5 heteroatoms. The number of ether oxygens (including phenoxy) is 1. The van der Waals surface area contributed by atoms with Crippen molar-refractivity contribution in [2.24, 2.45) is 0 Å². The molecule has 0 unspecified atom stereocenters. The number of amides is 1. The number of hydrogen-bond acceptors (Lipinski definition) is 4. The monoisotopic (exact) mass is 304 g/mol. The lowest BCUT2D eigenvalue weighted by Crippen LogP contribution is -2.40. The summed E-state index contributed by atoms with van der Waals surface area (Å²) in [7, 11) is 1.87. The first-order chi connectivity index (χ1) is 10.1. The molecule has 1 aliphatic rings. The maximum Gasteiger partial charge on any atom is 0.266 e. The Balaban J connectivity index is 1.91. The molecule has 0 radical (unpaired) electrons. The largest absolute Gasteiger partial charge is 0.397 e. The zero-order valence-corrected chi connectivity index (χ0v) is 13.2. The molecule has 4 nitrogen and oxygen atoms in total. The standard InChI is InChI=1S/C16H20N2O2S/c1-10-3-4-12-13(9-10)21-15(14(12)17)16(19)18(2)11-5-7-20-8-6-11/h3-4,9,11H,5-8,17H2,1-2H3. The van der Waals surface area contributed by atoms with E-state index < -0.39 is 0 Å². The average molecular weight is 304 g/mol. The lowest BCUT2D eigenvalue weighted by Gasteiger charge is -2.31. The highest BCUT2D eigenvalue weighted by Gasteiger charge is 2.26. The highest BCUT2D eigenvalue weighted by atomic mass is 32.1. The summed E-state index contributed by atoms with van der Waals surface area (Å²) in [6.45, 7) is 3.50. The lowest BCUT2D eigenvalue weighted by atomic mass is 10.1. The van der Waals surface area contributed by atoms with Crippen LogP contribution in [0.25, 0.3) is 10.1 Å². The Kier molecular flexibility index (Phi) is 3.87. The molecule has 1 aromatic heterocycles. The second-order valence-corrected chi connectivity index (χ2v) is 6.66. The molecule has 0 aliphatic carbocycles. The van der Waals surface area contributed by atoms with Crippen molar-refractivity contribution in [2.45, 2.75) is 25.8 Å². The van der Waals surface area contributed by atoms with E-state index in [4.69, 9.17) is 10.5 Å². The van der Waals surface area contributed by atoms with Crippen molar-refractivity contribution in [1.82, 2.24) is 4.90 Å². The third-order valence-corrected chi connectivity index (χ3v) is 5.29. The van der Waals surface area contributed by atoms with Gasteiger partial charge in [-0.05, 0) is 31.4 Å². The van der Waals surface area contributed by atoms with E-state index in [1.807, 2.05) is 31.0 Å². The number of thiophene rings is 1. The predicted octanol–water partition coefficient (Wildman–Crippen LogP) is 3.04. The summed E-state index contributed by atoms with van der Waals surface area (Å²) in [5.74, 6) is 0.0262. The first-order valence-corrected chi connectivity index (χ1v) is 8.03. The Morgan fingerprint density at radius 1 is 1.38 bits per heavy atom. The van der Waals surface area contributed by atoms with Gasteiger partial charge in [0.15, 0.2) is 0 Å². The van der Waals surface area contributed by atoms with E-state index in [1.54, 1.807) is 0 Å². The van der Waals surface area contributed by atoms with Gasteiger partial charge in [-0.15, -0.1) is 11.3 Å². The number of rotatable bonds is 2. The smallest absolute Gasteiger partial charge is 0.266 e. The van der Waals surface area contributed by atoms with E-state index in [1.165, 1.54) is 16.9 Å². The molecule has 3 rings (SSSR count). The van der Waals surface area contributed by atoms with Crippen LogP contribution in [-0.2, 0) is 4.74 Å². The molecule has 112 valence electrons. The molecule has 0 atom stereocenters. The molecule has 0 saturated carbocycles. The van der Waals surface area contributed by atoms with Crippen molar-refractivity contribution in [3.63, 3.8) is 0 Å². The normalized spacial score (nSPS) is 16.3. The third-order valence-electron chi connectivity index (χ3n) is 4.14. The number of nitrogens with two attached hydrogens (primary N) is 1. The average Bonchev–Trinajstić information content (AvgIpc) is 2.83. The number of nitrogens with zero attached hydrogens (tertiary/aromatic N) is 1. The highest BCUT2D eigenvalue weighted by Crippen LogP contribution is 2.35. The summed E-state index contributed by atoms with van der Waals surface area (Å²) in [5.41, 5.74) is 7.99. The number of nitrogen functional groups attached to an aromatic ring is 1. The molecular weight excluding hydrogens is 284 g/mol. The molecule has 2 N–H and O–H groups in total. The molecule has 2 heterocycles. The summed E-state index contributed by atoms with van der Waals surface area (Å²) in [6.07, 6.45) is 1.79. The molecule has 1 aromatic carbocycles. The van der Waals surface area contributed by atoms with E-state index in [-0.39, 0.29) is 11.9 Å². The van der Waals surface area contributed by atoms with Crippen molar-refractivity contribution < 1.29 is 9.53 Å². The number of benzene rings is 1. The second kappa shape index (κ2) is 5.66. The van der Waals surface area contributed by atoms with Gasteiger partial charge in [-0.3, -0.25) is 4.79 Å². The number of fused-ring (bicyclic) bond motifs is 1. The maximum absolute atomic E-state index is 12.7. The highest BCUT2D eigenvalue weighted by molar-refractivity contribution is 7.21. The third kappa shape index (κ3) is 2.63. The van der Waals surface area contributed by atoms with Gasteiger partial charge in [0, 0.05) is 36.4 Å². The van der Waals surface area contributed by atoms with Gasteiger partial charge in [-0.2, -0.15) is 0 Å². The quantitative estimate of drug-likeness (QED) is 0.928. The molecule has 1 fully saturated rings. The van der Waals surface area contributed by atoms with Crippen LogP contribution in [0.2, 0.25) is 0 Å². The maximum atomic E-state index is 12.7. The van der Waals surface area contributed by atoms with Crippen molar-refractivity contribution in [2.75, 3.05) is 26.0 Å². The van der Waals surface area contributed by atoms with Gasteiger partial charge in [0.25, 0.3) is 5.91 Å². The van der Waals surface area contributed by atoms with Crippen LogP contribution in [0.5, 0.6) is 0 Å². The summed E-state index contributed by atoms with van der Waals surface area (Å²) in [4.78, 5) is 15.2. The minimum Gasteiger partial charge on any atom is -0.397 e. The van der Waals surface area contributed by atoms with Gasteiger partial charge in [0.05, 0.1) is 5.69 Å². The van der Waals surface area contributed by atoms with Gasteiger partial charge in [0.2, 0.25) is 0 Å². The van der Waals surface area contributed by atoms with Crippen LogP contribution in [0.1, 0.15) is 28.1 Å². The van der Waals surface area contributed by atoms with Crippen LogP contribution in [0.3, 0.4) is 0 Å². The van der Waals surface area contributed by atoms with Crippen LogP contribution in [-0.4, -0.2) is 37.1 Å². The Hall–Kier alpha value is -1.59. The van der Waals surface area contributed by atoms with E-state index >= 15 is 0 Å². The molecule has 1 aliphatic heterocycles. The molecule has 1 amide bonds. The zero-order chi connectivity index (χ0) is 15.0. The topological polar surface area (TPSA) is 55.6 Å². The SMILES string of the molecule is Cc1ccc2c(N)c(C(=O)N(C)C3CCOCC3)sc2c1. The van der Waals surface area contributed by atoms with Gasteiger partial charge in [-0.1, -0.05) is 12.1 Å². The van der Waals surface area contributed by atoms with Gasteiger partial charge < -0.3 is 15.4 Å². The Bertz CT molecular complexity index is 674. The fourth-order valence-electron chi connectivity index (χ4n) is 2.78. The van der Waals surface area contributed by atoms with Gasteiger partial charge >= 0.3 is 0 Å². The minimum atomic E-state index is 0.0262. The van der Waals surface area contributed by atoms with Crippen LogP contribution >= 0.6 is 11.3 Å². The molecule has 0 bridgehead atoms. The molecular formula is C16H20N2O2S. The summed E-state index contributed by atoms with van der Waals surface area (Å²) < 4.78 is 6.44. The van der Waals surface area contributed by atoms with E-state index in [2.05, 4.69) is 6.07 Å². The Morgan fingerprint density at radius 3 is 2.81 bits per heavy atom. The van der Waals surface area contributed by atoms with Crippen LogP contribution in [0, 0.1) is 6.92 Å². The van der Waals surface area contributed by atoms with E-state index in [0.717, 1.165) is 36.1 Å².